The molecule has 2 heterocycles. The molecule has 0 N–H and O–H groups in total. The Morgan fingerprint density at radius 1 is 0.641 bits per heavy atom. The van der Waals surface area contributed by atoms with E-state index in [9.17, 15) is 0 Å². The standard InChI is InChI=1S/C34H33NO4/c1-36-30-15-14-24(19-31(30)37-2)34-26-13-9-8-12-25(26)27(22-10-6-5-7-11-22)20-29-28-21-33(39-4)32(38-3)18-23(28)16-17-35(29)34/h5-15,18-21,29,34H,16-17H2,1-4H3/t29?,34-/m1/s1. The molecule has 1 unspecified atom stereocenters. The van der Waals surface area contributed by atoms with Gasteiger partial charge < -0.3 is 18.9 Å². The van der Waals surface area contributed by atoms with Crippen LogP contribution < -0.4 is 18.9 Å². The number of fused-ring (bicyclic) bond motifs is 4. The lowest BCUT2D eigenvalue weighted by atomic mass is 9.88. The van der Waals surface area contributed by atoms with Crippen molar-refractivity contribution < 1.29 is 18.9 Å². The summed E-state index contributed by atoms with van der Waals surface area (Å²) in [4.78, 5) is 2.60. The lowest BCUT2D eigenvalue weighted by Gasteiger charge is -2.41. The van der Waals surface area contributed by atoms with Gasteiger partial charge in [-0.15, -0.1) is 0 Å². The molecule has 5 nitrogen and oxygen atoms in total. The van der Waals surface area contributed by atoms with E-state index in [-0.39, 0.29) is 12.1 Å². The monoisotopic (exact) mass is 519 g/mol. The van der Waals surface area contributed by atoms with Crippen molar-refractivity contribution in [3.8, 4) is 23.0 Å². The molecular formula is C34H33NO4. The fourth-order valence-corrected chi connectivity index (χ4v) is 6.14. The Hall–Kier alpha value is -4.22. The molecule has 5 heteroatoms. The number of nitrogens with zero attached hydrogens (tertiary/aromatic N) is 1. The van der Waals surface area contributed by atoms with Gasteiger partial charge in [-0.2, -0.15) is 0 Å². The Bertz CT molecular complexity index is 1530. The summed E-state index contributed by atoms with van der Waals surface area (Å²) >= 11 is 0. The zero-order valence-electron chi connectivity index (χ0n) is 22.8. The molecule has 0 bridgehead atoms. The first-order valence-electron chi connectivity index (χ1n) is 13.3. The van der Waals surface area contributed by atoms with Crippen LogP contribution in [0, 0.1) is 0 Å². The van der Waals surface area contributed by atoms with Crippen LogP contribution >= 0.6 is 0 Å². The maximum Gasteiger partial charge on any atom is 0.161 e. The molecule has 0 spiro atoms. The Kier molecular flexibility index (Phi) is 6.76. The van der Waals surface area contributed by atoms with Gasteiger partial charge in [-0.1, -0.05) is 66.7 Å². The van der Waals surface area contributed by atoms with Crippen LogP contribution in [0.3, 0.4) is 0 Å². The van der Waals surface area contributed by atoms with Crippen LogP contribution in [0.1, 0.15) is 45.5 Å². The Labute approximate surface area is 230 Å². The first-order valence-corrected chi connectivity index (χ1v) is 13.3. The van der Waals surface area contributed by atoms with Gasteiger partial charge in [0.15, 0.2) is 23.0 Å². The van der Waals surface area contributed by atoms with E-state index in [4.69, 9.17) is 18.9 Å². The molecule has 2 aliphatic heterocycles. The van der Waals surface area contributed by atoms with Gasteiger partial charge in [0.2, 0.25) is 0 Å². The van der Waals surface area contributed by atoms with E-state index in [1.807, 2.05) is 6.07 Å². The second-order valence-corrected chi connectivity index (χ2v) is 9.89. The van der Waals surface area contributed by atoms with Crippen molar-refractivity contribution in [2.24, 2.45) is 0 Å². The Morgan fingerprint density at radius 3 is 2.05 bits per heavy atom. The van der Waals surface area contributed by atoms with Crippen LogP contribution in [0.25, 0.3) is 5.57 Å². The summed E-state index contributed by atoms with van der Waals surface area (Å²) in [6, 6.07) is 30.1. The molecule has 0 aliphatic carbocycles. The van der Waals surface area contributed by atoms with Gasteiger partial charge in [0.25, 0.3) is 0 Å². The zero-order valence-corrected chi connectivity index (χ0v) is 22.8. The topological polar surface area (TPSA) is 40.2 Å². The van der Waals surface area contributed by atoms with Crippen molar-refractivity contribution in [2.45, 2.75) is 18.5 Å². The average molecular weight is 520 g/mol. The first-order chi connectivity index (χ1) is 19.2. The van der Waals surface area contributed by atoms with E-state index in [0.29, 0.717) is 0 Å². The molecule has 198 valence electrons. The highest BCUT2D eigenvalue weighted by Crippen LogP contribution is 2.49. The molecular weight excluding hydrogens is 486 g/mol. The van der Waals surface area contributed by atoms with Crippen molar-refractivity contribution in [3.05, 3.63) is 124 Å². The van der Waals surface area contributed by atoms with Crippen molar-refractivity contribution in [1.82, 2.24) is 4.90 Å². The summed E-state index contributed by atoms with van der Waals surface area (Å²) in [5.74, 6) is 2.97. The third kappa shape index (κ3) is 4.33. The van der Waals surface area contributed by atoms with E-state index in [1.54, 1.807) is 28.4 Å². The first kappa shape index (κ1) is 25.1. The highest BCUT2D eigenvalue weighted by Gasteiger charge is 2.38. The summed E-state index contributed by atoms with van der Waals surface area (Å²) in [6.45, 7) is 0.888. The molecule has 6 rings (SSSR count). The van der Waals surface area contributed by atoms with Gasteiger partial charge in [0.05, 0.1) is 40.5 Å². The number of hydrogen-bond donors (Lipinski definition) is 0. The molecule has 4 aromatic rings. The third-order valence-electron chi connectivity index (χ3n) is 7.97. The molecule has 2 atom stereocenters. The summed E-state index contributed by atoms with van der Waals surface area (Å²) in [6.07, 6.45) is 3.34. The lowest BCUT2D eigenvalue weighted by molar-refractivity contribution is 0.175. The summed E-state index contributed by atoms with van der Waals surface area (Å²) in [7, 11) is 6.76. The number of benzene rings is 4. The number of ether oxygens (including phenoxy) is 4. The largest absolute Gasteiger partial charge is 0.493 e. The minimum atomic E-state index is 0.00437. The van der Waals surface area contributed by atoms with E-state index in [0.717, 1.165) is 41.5 Å². The summed E-state index contributed by atoms with van der Waals surface area (Å²) in [5.41, 5.74) is 8.63. The zero-order chi connectivity index (χ0) is 26.9. The molecule has 39 heavy (non-hydrogen) atoms. The molecule has 4 aromatic carbocycles. The third-order valence-corrected chi connectivity index (χ3v) is 7.97. The number of methoxy groups -OCH3 is 4. The van der Waals surface area contributed by atoms with Crippen molar-refractivity contribution in [3.63, 3.8) is 0 Å². The molecule has 0 saturated carbocycles. The molecule has 2 aliphatic rings. The van der Waals surface area contributed by atoms with Gasteiger partial charge in [0, 0.05) is 6.54 Å². The minimum absolute atomic E-state index is 0.00437. The van der Waals surface area contributed by atoms with Crippen LogP contribution in [0.15, 0.2) is 91.0 Å². The second kappa shape index (κ2) is 10.5. The van der Waals surface area contributed by atoms with E-state index >= 15 is 0 Å². The fourth-order valence-electron chi connectivity index (χ4n) is 6.14. The van der Waals surface area contributed by atoms with Crippen LogP contribution in [0.5, 0.6) is 23.0 Å². The molecule has 0 radical (unpaired) electrons. The summed E-state index contributed by atoms with van der Waals surface area (Å²) < 4.78 is 22.7. The van der Waals surface area contributed by atoms with Crippen molar-refractivity contribution in [2.75, 3.05) is 35.0 Å². The molecule has 0 aromatic heterocycles. The van der Waals surface area contributed by atoms with Crippen LogP contribution in [0.2, 0.25) is 0 Å². The van der Waals surface area contributed by atoms with Crippen LogP contribution in [0.4, 0.5) is 0 Å². The fraction of sp³-hybridized carbons (Fsp3) is 0.235. The van der Waals surface area contributed by atoms with Gasteiger partial charge >= 0.3 is 0 Å². The smallest absolute Gasteiger partial charge is 0.161 e. The maximum atomic E-state index is 5.76. The van der Waals surface area contributed by atoms with Crippen molar-refractivity contribution >= 4 is 5.57 Å². The number of rotatable bonds is 6. The van der Waals surface area contributed by atoms with Gasteiger partial charge in [-0.3, -0.25) is 4.90 Å². The minimum Gasteiger partial charge on any atom is -0.493 e. The molecule has 0 saturated heterocycles. The van der Waals surface area contributed by atoms with Crippen LogP contribution in [-0.4, -0.2) is 39.9 Å². The van der Waals surface area contributed by atoms with E-state index in [1.165, 1.54) is 33.4 Å². The Balaban J connectivity index is 1.62. The van der Waals surface area contributed by atoms with Gasteiger partial charge in [-0.25, -0.2) is 0 Å². The van der Waals surface area contributed by atoms with E-state index in [2.05, 4.69) is 89.8 Å². The van der Waals surface area contributed by atoms with Crippen molar-refractivity contribution in [1.29, 1.82) is 0 Å². The highest BCUT2D eigenvalue weighted by molar-refractivity contribution is 5.83. The lowest BCUT2D eigenvalue weighted by Crippen LogP contribution is -2.37. The quantitative estimate of drug-likeness (QED) is 0.278. The second-order valence-electron chi connectivity index (χ2n) is 9.89. The van der Waals surface area contributed by atoms with E-state index < -0.39 is 0 Å². The summed E-state index contributed by atoms with van der Waals surface area (Å²) in [5, 5.41) is 0. The predicted molar refractivity (Wildman–Crippen MR) is 154 cm³/mol. The van der Waals surface area contributed by atoms with Crippen LogP contribution in [-0.2, 0) is 6.42 Å². The van der Waals surface area contributed by atoms with Gasteiger partial charge in [0.1, 0.15) is 0 Å². The molecule has 0 amide bonds. The normalized spacial score (nSPS) is 18.1. The maximum absolute atomic E-state index is 5.76. The number of hydrogen-bond acceptors (Lipinski definition) is 5. The Morgan fingerprint density at radius 2 is 1.31 bits per heavy atom. The van der Waals surface area contributed by atoms with Gasteiger partial charge in [-0.05, 0) is 69.6 Å². The SMILES string of the molecule is COc1ccc([C@@H]2c3ccccc3C(c3ccccc3)=CC3c4cc(OC)c(OC)cc4CCN32)cc1OC. The molecule has 0 fully saturated rings. The highest BCUT2D eigenvalue weighted by atomic mass is 16.5. The average Bonchev–Trinajstić information content (AvgIpc) is 3.15. The predicted octanol–water partition coefficient (Wildman–Crippen LogP) is 6.86.